The molecule has 218 valence electrons. The van der Waals surface area contributed by atoms with E-state index in [9.17, 15) is 27.6 Å². The smallest absolute Gasteiger partial charge is 0.281 e. The van der Waals surface area contributed by atoms with Crippen LogP contribution in [0.15, 0.2) is 54.9 Å². The highest BCUT2D eigenvalue weighted by atomic mass is 35.5. The average molecular weight is 598 g/mol. The molecule has 3 aliphatic rings. The topological polar surface area (TPSA) is 95.5 Å². The number of nitrogens with zero attached hydrogens (tertiary/aromatic N) is 4. The zero-order valence-electron chi connectivity index (χ0n) is 22.4. The lowest BCUT2D eigenvalue weighted by atomic mass is 9.74. The Hall–Kier alpha value is -3.99. The molecule has 1 aromatic carbocycles. The SMILES string of the molecule is O=C(NC1CCC(CN2C(=O)C3(CN(C(=O)c4ccccn4)C3)c3ccc(F)cc32)CC1)c1cc(Cl)cnc1C(F)F. The van der Waals surface area contributed by atoms with Gasteiger partial charge in [0.25, 0.3) is 18.2 Å². The lowest BCUT2D eigenvalue weighted by Crippen LogP contribution is -2.65. The summed E-state index contributed by atoms with van der Waals surface area (Å²) in [4.78, 5) is 50.5. The zero-order chi connectivity index (χ0) is 29.6. The molecule has 3 aromatic rings. The summed E-state index contributed by atoms with van der Waals surface area (Å²) in [7, 11) is 0. The van der Waals surface area contributed by atoms with Crippen molar-refractivity contribution >= 4 is 35.0 Å². The summed E-state index contributed by atoms with van der Waals surface area (Å²) in [5, 5.41) is 2.91. The largest absolute Gasteiger partial charge is 0.349 e. The van der Waals surface area contributed by atoms with E-state index in [0.29, 0.717) is 49.2 Å². The summed E-state index contributed by atoms with van der Waals surface area (Å²) in [5.41, 5.74) is -0.254. The maximum atomic E-state index is 14.3. The lowest BCUT2D eigenvalue weighted by molar-refractivity contribution is -0.128. The van der Waals surface area contributed by atoms with Gasteiger partial charge in [0.05, 0.1) is 16.3 Å². The van der Waals surface area contributed by atoms with Crippen molar-refractivity contribution in [2.24, 2.45) is 5.92 Å². The van der Waals surface area contributed by atoms with Crippen LogP contribution in [0.5, 0.6) is 0 Å². The monoisotopic (exact) mass is 597 g/mol. The summed E-state index contributed by atoms with van der Waals surface area (Å²) >= 11 is 5.89. The Labute approximate surface area is 244 Å². The standard InChI is InChI=1S/C30H27ClF3N5O3/c31-18-11-21(25(26(33)34)36-13-18)27(40)37-20-7-4-17(5-8-20)14-39-24-12-19(32)6-9-22(24)30(29(39)42)15-38(16-30)28(41)23-3-1-2-10-35-23/h1-3,6,9-13,17,20,26H,4-5,7-8,14-16H2,(H,37,40). The van der Waals surface area contributed by atoms with Crippen LogP contribution in [0.25, 0.3) is 0 Å². The fraction of sp³-hybridized carbons (Fsp3) is 0.367. The minimum absolute atomic E-state index is 0.0872. The molecular formula is C30H27ClF3N5O3. The predicted molar refractivity (Wildman–Crippen MR) is 148 cm³/mol. The summed E-state index contributed by atoms with van der Waals surface area (Å²) in [6.45, 7) is 0.752. The summed E-state index contributed by atoms with van der Waals surface area (Å²) in [6, 6.07) is 10.4. The van der Waals surface area contributed by atoms with Gasteiger partial charge in [0.15, 0.2) is 0 Å². The van der Waals surface area contributed by atoms with Gasteiger partial charge in [0, 0.05) is 38.1 Å². The summed E-state index contributed by atoms with van der Waals surface area (Å²) in [6.07, 6.45) is 2.23. The number of amides is 3. The van der Waals surface area contributed by atoms with E-state index in [1.165, 1.54) is 18.2 Å². The van der Waals surface area contributed by atoms with Crippen LogP contribution < -0.4 is 10.2 Å². The Kier molecular flexibility index (Phi) is 7.38. The van der Waals surface area contributed by atoms with Gasteiger partial charge in [-0.3, -0.25) is 24.4 Å². The van der Waals surface area contributed by atoms with Crippen molar-refractivity contribution in [3.63, 3.8) is 0 Å². The zero-order valence-corrected chi connectivity index (χ0v) is 23.2. The second-order valence-electron chi connectivity index (χ2n) is 11.1. The fourth-order valence-electron chi connectivity index (χ4n) is 6.32. The van der Waals surface area contributed by atoms with Gasteiger partial charge in [-0.25, -0.2) is 13.2 Å². The van der Waals surface area contributed by atoms with Gasteiger partial charge in [-0.2, -0.15) is 0 Å². The molecule has 0 atom stereocenters. The molecule has 42 heavy (non-hydrogen) atoms. The van der Waals surface area contributed by atoms with Crippen LogP contribution in [0, 0.1) is 11.7 Å². The molecule has 3 amide bonds. The average Bonchev–Trinajstić information content (AvgIpc) is 3.20. The molecular weight excluding hydrogens is 571 g/mol. The highest BCUT2D eigenvalue weighted by Gasteiger charge is 2.59. The van der Waals surface area contributed by atoms with E-state index in [0.717, 1.165) is 6.20 Å². The van der Waals surface area contributed by atoms with Crippen molar-refractivity contribution in [3.8, 4) is 0 Å². The molecule has 6 rings (SSSR count). The lowest BCUT2D eigenvalue weighted by Gasteiger charge is -2.46. The van der Waals surface area contributed by atoms with E-state index < -0.39 is 29.3 Å². The molecule has 0 radical (unpaired) electrons. The van der Waals surface area contributed by atoms with Crippen molar-refractivity contribution in [2.45, 2.75) is 43.6 Å². The Morgan fingerprint density at radius 3 is 2.52 bits per heavy atom. The van der Waals surface area contributed by atoms with Crippen LogP contribution in [-0.2, 0) is 10.2 Å². The quantitative estimate of drug-likeness (QED) is 0.435. The van der Waals surface area contributed by atoms with Crippen molar-refractivity contribution in [1.29, 1.82) is 0 Å². The Morgan fingerprint density at radius 1 is 1.07 bits per heavy atom. The van der Waals surface area contributed by atoms with Crippen LogP contribution in [-0.4, -0.2) is 58.3 Å². The molecule has 2 aromatic heterocycles. The second kappa shape index (κ2) is 11.0. The minimum Gasteiger partial charge on any atom is -0.349 e. The predicted octanol–water partition coefficient (Wildman–Crippen LogP) is 4.94. The number of carbonyl (C=O) groups is 3. The first-order valence-electron chi connectivity index (χ1n) is 13.7. The van der Waals surface area contributed by atoms with E-state index in [1.807, 2.05) is 0 Å². The van der Waals surface area contributed by atoms with Crippen LogP contribution in [0.1, 0.15) is 64.2 Å². The molecule has 1 saturated heterocycles. The minimum atomic E-state index is -2.91. The van der Waals surface area contributed by atoms with Gasteiger partial charge in [0.2, 0.25) is 5.91 Å². The number of hydrogen-bond acceptors (Lipinski definition) is 5. The fourth-order valence-corrected chi connectivity index (χ4v) is 6.48. The van der Waals surface area contributed by atoms with E-state index in [-0.39, 0.29) is 47.4 Å². The number of alkyl halides is 2. The van der Waals surface area contributed by atoms with Gasteiger partial charge < -0.3 is 15.1 Å². The molecule has 1 spiro atoms. The van der Waals surface area contributed by atoms with Crippen LogP contribution in [0.4, 0.5) is 18.9 Å². The van der Waals surface area contributed by atoms with E-state index in [2.05, 4.69) is 15.3 Å². The number of anilines is 1. The number of benzene rings is 1. The van der Waals surface area contributed by atoms with Gasteiger partial charge in [0.1, 0.15) is 22.6 Å². The van der Waals surface area contributed by atoms with Crippen LogP contribution in [0.3, 0.4) is 0 Å². The molecule has 8 nitrogen and oxygen atoms in total. The first-order valence-corrected chi connectivity index (χ1v) is 14.1. The normalized spacial score (nSPS) is 20.9. The number of likely N-dealkylation sites (tertiary alicyclic amines) is 1. The van der Waals surface area contributed by atoms with Crippen molar-refractivity contribution in [3.05, 3.63) is 88.2 Å². The third-order valence-electron chi connectivity index (χ3n) is 8.47. The van der Waals surface area contributed by atoms with E-state index >= 15 is 0 Å². The highest BCUT2D eigenvalue weighted by Crippen LogP contribution is 2.48. The number of pyridine rings is 2. The molecule has 0 bridgehead atoms. The Morgan fingerprint density at radius 2 is 1.83 bits per heavy atom. The Balaban J connectivity index is 1.11. The number of aromatic nitrogens is 2. The van der Waals surface area contributed by atoms with E-state index in [1.54, 1.807) is 40.3 Å². The van der Waals surface area contributed by atoms with Gasteiger partial charge in [-0.1, -0.05) is 23.7 Å². The van der Waals surface area contributed by atoms with Gasteiger partial charge >= 0.3 is 0 Å². The third-order valence-corrected chi connectivity index (χ3v) is 8.68. The molecule has 2 aliphatic heterocycles. The summed E-state index contributed by atoms with van der Waals surface area (Å²) < 4.78 is 41.1. The first kappa shape index (κ1) is 28.1. The molecule has 1 aliphatic carbocycles. The molecule has 2 fully saturated rings. The molecule has 4 heterocycles. The maximum absolute atomic E-state index is 14.3. The van der Waals surface area contributed by atoms with Crippen molar-refractivity contribution < 1.29 is 27.6 Å². The van der Waals surface area contributed by atoms with Crippen LogP contribution in [0.2, 0.25) is 5.02 Å². The Bertz CT molecular complexity index is 1540. The summed E-state index contributed by atoms with van der Waals surface area (Å²) in [5.74, 6) is -1.43. The number of fused-ring (bicyclic) bond motifs is 2. The number of halogens is 4. The number of nitrogens with one attached hydrogen (secondary N) is 1. The molecule has 0 unspecified atom stereocenters. The molecule has 12 heteroatoms. The highest BCUT2D eigenvalue weighted by molar-refractivity contribution is 6.30. The molecule has 1 N–H and O–H groups in total. The number of hydrogen-bond donors (Lipinski definition) is 1. The third kappa shape index (κ3) is 4.99. The van der Waals surface area contributed by atoms with Crippen molar-refractivity contribution in [1.82, 2.24) is 20.2 Å². The maximum Gasteiger partial charge on any atom is 0.281 e. The van der Waals surface area contributed by atoms with Crippen molar-refractivity contribution in [2.75, 3.05) is 24.5 Å². The van der Waals surface area contributed by atoms with Gasteiger partial charge in [-0.05, 0) is 67.5 Å². The first-order chi connectivity index (χ1) is 20.2. The van der Waals surface area contributed by atoms with Crippen LogP contribution >= 0.6 is 11.6 Å². The molecule has 1 saturated carbocycles. The van der Waals surface area contributed by atoms with E-state index in [4.69, 9.17) is 11.6 Å². The van der Waals surface area contributed by atoms with Gasteiger partial charge in [-0.15, -0.1) is 0 Å². The number of rotatable bonds is 6. The second-order valence-corrected chi connectivity index (χ2v) is 11.6. The number of carbonyl (C=O) groups excluding carboxylic acids is 3.